The highest BCUT2D eigenvalue weighted by Gasteiger charge is 2.36. The lowest BCUT2D eigenvalue weighted by molar-refractivity contribution is -0.156. The largest absolute Gasteiger partial charge is 0.481 e. The number of nitrogens with one attached hydrogen (secondary N) is 1. The van der Waals surface area contributed by atoms with Gasteiger partial charge in [0.2, 0.25) is 0 Å². The van der Waals surface area contributed by atoms with Crippen molar-refractivity contribution in [3.8, 4) is 0 Å². The lowest BCUT2D eigenvalue weighted by atomic mass is 9.87. The van der Waals surface area contributed by atoms with Gasteiger partial charge in [-0.15, -0.1) is 0 Å². The highest BCUT2D eigenvalue weighted by Crippen LogP contribution is 2.44. The quantitative estimate of drug-likeness (QED) is 0.474. The number of rotatable bonds is 5. The summed E-state index contributed by atoms with van der Waals surface area (Å²) in [5, 5.41) is 21.4. The second kappa shape index (κ2) is 6.60. The monoisotopic (exact) mass is 357 g/mol. The predicted molar refractivity (Wildman–Crippen MR) is 92.5 cm³/mol. The number of aliphatic carboxylic acids is 2. The molecule has 128 valence electrons. The summed E-state index contributed by atoms with van der Waals surface area (Å²) in [7, 11) is 0. The average molecular weight is 357 g/mol. The SMILES string of the molecule is CC(C(=O)c1ccc2c(c1)Nc1ccccc1S2)C(C(=O)O)C(=O)O. The van der Waals surface area contributed by atoms with E-state index in [1.54, 1.807) is 30.0 Å². The lowest BCUT2D eigenvalue weighted by Gasteiger charge is -2.22. The topological polar surface area (TPSA) is 104 Å². The number of benzene rings is 2. The summed E-state index contributed by atoms with van der Waals surface area (Å²) in [6, 6.07) is 12.8. The fourth-order valence-corrected chi connectivity index (χ4v) is 3.71. The Labute approximate surface area is 147 Å². The molecule has 3 rings (SSSR count). The first-order valence-corrected chi connectivity index (χ1v) is 8.38. The maximum absolute atomic E-state index is 12.6. The molecule has 0 amide bonds. The van der Waals surface area contributed by atoms with E-state index >= 15 is 0 Å². The van der Waals surface area contributed by atoms with Crippen LogP contribution in [0.2, 0.25) is 0 Å². The number of Topliss-reactive ketones (excluding diaryl/α,β-unsaturated/α-hetero) is 1. The van der Waals surface area contributed by atoms with Gasteiger partial charge in [-0.3, -0.25) is 14.4 Å². The van der Waals surface area contributed by atoms with E-state index in [2.05, 4.69) is 5.32 Å². The van der Waals surface area contributed by atoms with Gasteiger partial charge in [0.1, 0.15) is 0 Å². The van der Waals surface area contributed by atoms with E-state index in [0.29, 0.717) is 0 Å². The van der Waals surface area contributed by atoms with Crippen LogP contribution in [-0.2, 0) is 9.59 Å². The molecule has 0 radical (unpaired) electrons. The number of hydrogen-bond donors (Lipinski definition) is 3. The molecule has 0 spiro atoms. The normalized spacial score (nSPS) is 13.4. The van der Waals surface area contributed by atoms with Crippen molar-refractivity contribution in [2.45, 2.75) is 16.7 Å². The minimum Gasteiger partial charge on any atom is -0.481 e. The van der Waals surface area contributed by atoms with Gasteiger partial charge in [-0.25, -0.2) is 0 Å². The van der Waals surface area contributed by atoms with E-state index in [-0.39, 0.29) is 5.56 Å². The molecule has 3 N–H and O–H groups in total. The minimum atomic E-state index is -1.77. The van der Waals surface area contributed by atoms with E-state index in [1.165, 1.54) is 6.92 Å². The van der Waals surface area contributed by atoms with Gasteiger partial charge in [0.15, 0.2) is 11.7 Å². The Morgan fingerprint density at radius 2 is 1.60 bits per heavy atom. The van der Waals surface area contributed by atoms with Gasteiger partial charge >= 0.3 is 11.9 Å². The number of carbonyl (C=O) groups excluding carboxylic acids is 1. The van der Waals surface area contributed by atoms with Crippen LogP contribution >= 0.6 is 11.8 Å². The highest BCUT2D eigenvalue weighted by molar-refractivity contribution is 7.99. The van der Waals surface area contributed by atoms with Gasteiger partial charge in [0, 0.05) is 21.3 Å². The third-order valence-electron chi connectivity index (χ3n) is 4.09. The van der Waals surface area contributed by atoms with Crippen molar-refractivity contribution in [2.24, 2.45) is 11.8 Å². The molecule has 6 nitrogen and oxygen atoms in total. The van der Waals surface area contributed by atoms with E-state index in [1.807, 2.05) is 24.3 Å². The third-order valence-corrected chi connectivity index (χ3v) is 5.24. The Morgan fingerprint density at radius 1 is 0.960 bits per heavy atom. The third kappa shape index (κ3) is 3.23. The molecule has 0 aliphatic carbocycles. The maximum Gasteiger partial charge on any atom is 0.318 e. The Balaban J connectivity index is 1.89. The smallest absolute Gasteiger partial charge is 0.318 e. The number of carboxylic acid groups (broad SMARTS) is 2. The molecule has 0 saturated heterocycles. The van der Waals surface area contributed by atoms with Gasteiger partial charge in [-0.05, 0) is 24.3 Å². The van der Waals surface area contributed by atoms with Gasteiger partial charge in [0.05, 0.1) is 11.4 Å². The van der Waals surface area contributed by atoms with Crippen molar-refractivity contribution in [1.82, 2.24) is 0 Å². The molecular formula is C18H15NO5S. The van der Waals surface area contributed by atoms with Gasteiger partial charge in [-0.2, -0.15) is 0 Å². The van der Waals surface area contributed by atoms with Crippen LogP contribution in [0.1, 0.15) is 17.3 Å². The zero-order chi connectivity index (χ0) is 18.1. The molecule has 0 fully saturated rings. The van der Waals surface area contributed by atoms with Crippen LogP contribution in [0.3, 0.4) is 0 Å². The Kier molecular flexibility index (Phi) is 4.50. The summed E-state index contributed by atoms with van der Waals surface area (Å²) in [4.78, 5) is 36.9. The second-order valence-electron chi connectivity index (χ2n) is 5.74. The van der Waals surface area contributed by atoms with Crippen molar-refractivity contribution >= 4 is 40.9 Å². The molecule has 1 aliphatic heterocycles. The molecule has 2 aromatic rings. The average Bonchev–Trinajstić information content (AvgIpc) is 2.58. The van der Waals surface area contributed by atoms with Crippen molar-refractivity contribution in [1.29, 1.82) is 0 Å². The van der Waals surface area contributed by atoms with Crippen LogP contribution in [0.4, 0.5) is 11.4 Å². The Morgan fingerprint density at radius 3 is 2.28 bits per heavy atom. The first kappa shape index (κ1) is 17.0. The van der Waals surface area contributed by atoms with E-state index < -0.39 is 29.6 Å². The molecule has 1 heterocycles. The van der Waals surface area contributed by atoms with Crippen molar-refractivity contribution < 1.29 is 24.6 Å². The van der Waals surface area contributed by atoms with E-state index in [0.717, 1.165) is 21.2 Å². The number of hydrogen-bond acceptors (Lipinski definition) is 5. The van der Waals surface area contributed by atoms with E-state index in [4.69, 9.17) is 10.2 Å². The first-order valence-electron chi connectivity index (χ1n) is 7.56. The zero-order valence-electron chi connectivity index (χ0n) is 13.2. The van der Waals surface area contributed by atoms with Gasteiger partial charge in [-0.1, -0.05) is 36.9 Å². The summed E-state index contributed by atoms with van der Waals surface area (Å²) in [6.45, 7) is 1.33. The summed E-state index contributed by atoms with van der Waals surface area (Å²) >= 11 is 1.57. The predicted octanol–water partition coefficient (Wildman–Crippen LogP) is 3.50. The second-order valence-corrected chi connectivity index (χ2v) is 6.83. The summed E-state index contributed by atoms with van der Waals surface area (Å²) in [5.41, 5.74) is 1.95. The molecule has 0 saturated carbocycles. The van der Waals surface area contributed by atoms with Crippen molar-refractivity contribution in [2.75, 3.05) is 5.32 Å². The Bertz CT molecular complexity index is 866. The van der Waals surface area contributed by atoms with Gasteiger partial charge < -0.3 is 15.5 Å². The summed E-state index contributed by atoms with van der Waals surface area (Å²) < 4.78 is 0. The molecule has 1 unspecified atom stereocenters. The van der Waals surface area contributed by atoms with Crippen LogP contribution in [0, 0.1) is 11.8 Å². The van der Waals surface area contributed by atoms with Crippen molar-refractivity contribution in [3.05, 3.63) is 48.0 Å². The highest BCUT2D eigenvalue weighted by atomic mass is 32.2. The molecule has 1 atom stereocenters. The minimum absolute atomic E-state index is 0.284. The molecule has 7 heteroatoms. The Hall–Kier alpha value is -2.80. The maximum atomic E-state index is 12.6. The van der Waals surface area contributed by atoms with Crippen LogP contribution in [0.25, 0.3) is 0 Å². The molecule has 1 aliphatic rings. The number of para-hydroxylation sites is 1. The first-order chi connectivity index (χ1) is 11.9. The molecule has 2 aromatic carbocycles. The molecule has 0 bridgehead atoms. The molecule has 0 aromatic heterocycles. The fraction of sp³-hybridized carbons (Fsp3) is 0.167. The molecular weight excluding hydrogens is 342 g/mol. The van der Waals surface area contributed by atoms with Crippen LogP contribution < -0.4 is 5.32 Å². The number of ketones is 1. The van der Waals surface area contributed by atoms with E-state index in [9.17, 15) is 14.4 Å². The zero-order valence-corrected chi connectivity index (χ0v) is 14.0. The summed E-state index contributed by atoms with van der Waals surface area (Å²) in [6.07, 6.45) is 0. The number of carboxylic acids is 2. The van der Waals surface area contributed by atoms with Crippen LogP contribution in [0.5, 0.6) is 0 Å². The lowest BCUT2D eigenvalue weighted by Crippen LogP contribution is -2.34. The van der Waals surface area contributed by atoms with Gasteiger partial charge in [0.25, 0.3) is 0 Å². The van der Waals surface area contributed by atoms with Crippen LogP contribution in [0.15, 0.2) is 52.3 Å². The number of anilines is 2. The molecule has 25 heavy (non-hydrogen) atoms. The summed E-state index contributed by atoms with van der Waals surface area (Å²) in [5.74, 6) is -6.49. The number of carbonyl (C=O) groups is 3. The van der Waals surface area contributed by atoms with Crippen LogP contribution in [-0.4, -0.2) is 27.9 Å². The fourth-order valence-electron chi connectivity index (χ4n) is 2.74. The van der Waals surface area contributed by atoms with Crippen molar-refractivity contribution in [3.63, 3.8) is 0 Å². The standard InChI is InChI=1S/C18H15NO5S/c1-9(15(17(21)22)18(23)24)16(20)10-6-7-14-12(8-10)19-11-4-2-3-5-13(11)25-14/h2-9,15,19H,1H3,(H,21,22)(H,23,24). The number of fused-ring (bicyclic) bond motifs is 2.